The molecule has 0 saturated carbocycles. The molecule has 1 aromatic carbocycles. The molecule has 4 heterocycles. The zero-order chi connectivity index (χ0) is 20.5. The number of piperidine rings is 1. The number of benzene rings is 1. The molecule has 2 atom stereocenters. The van der Waals surface area contributed by atoms with E-state index >= 15 is 0 Å². The third kappa shape index (κ3) is 3.41. The van der Waals surface area contributed by atoms with Crippen LogP contribution in [0.15, 0.2) is 70.8 Å². The molecule has 6 nitrogen and oxygen atoms in total. The van der Waals surface area contributed by atoms with Gasteiger partial charge in [-0.3, -0.25) is 9.78 Å². The molecule has 0 unspecified atom stereocenters. The Labute approximate surface area is 178 Å². The van der Waals surface area contributed by atoms with Crippen LogP contribution in [0, 0.1) is 6.92 Å². The van der Waals surface area contributed by atoms with E-state index in [4.69, 9.17) is 9.51 Å². The lowest BCUT2D eigenvalue weighted by Crippen LogP contribution is -2.42. The maximum atomic E-state index is 13.0. The average molecular weight is 417 g/mol. The summed E-state index contributed by atoms with van der Waals surface area (Å²) in [6.45, 7) is 2.04. The van der Waals surface area contributed by atoms with Crippen LogP contribution in [-0.4, -0.2) is 21.0 Å². The van der Waals surface area contributed by atoms with Crippen LogP contribution in [0.25, 0.3) is 11.4 Å². The summed E-state index contributed by atoms with van der Waals surface area (Å²) in [6.07, 6.45) is 4.52. The number of rotatable bonds is 4. The Morgan fingerprint density at radius 1 is 1.10 bits per heavy atom. The normalized spacial score (nSPS) is 19.2. The summed E-state index contributed by atoms with van der Waals surface area (Å²) in [7, 11) is 0. The van der Waals surface area contributed by atoms with Gasteiger partial charge in [-0.15, -0.1) is 11.3 Å². The van der Waals surface area contributed by atoms with Crippen molar-refractivity contribution in [2.75, 3.05) is 4.90 Å². The SMILES string of the molecule is Cc1ccc(N2C(=O)CC[C@@H](c3nc(-c4ccncc4)no3)[C@@H]2c2cccs2)cc1. The Bertz CT molecular complexity index is 1140. The van der Waals surface area contributed by atoms with E-state index in [1.165, 1.54) is 0 Å². The quantitative estimate of drug-likeness (QED) is 0.460. The third-order valence-corrected chi connectivity index (χ3v) is 6.38. The van der Waals surface area contributed by atoms with E-state index in [1.54, 1.807) is 23.7 Å². The smallest absolute Gasteiger partial charge is 0.232 e. The standard InChI is InChI=1S/C23H20N4O2S/c1-15-4-6-17(7-5-15)27-20(28)9-8-18(21(27)19-3-2-14-30-19)23-25-22(26-29-23)16-10-12-24-13-11-16/h2-7,10-14,18,21H,8-9H2,1H3/t18-,21-/m1/s1. The average Bonchev–Trinajstić information content (AvgIpc) is 3.47. The van der Waals surface area contributed by atoms with Crippen molar-refractivity contribution >= 4 is 22.9 Å². The number of aromatic nitrogens is 3. The lowest BCUT2D eigenvalue weighted by molar-refractivity contribution is -0.120. The van der Waals surface area contributed by atoms with Gasteiger partial charge in [-0.2, -0.15) is 4.98 Å². The molecule has 1 aliphatic rings. The first-order valence-electron chi connectivity index (χ1n) is 9.87. The highest BCUT2D eigenvalue weighted by atomic mass is 32.1. The minimum Gasteiger partial charge on any atom is -0.339 e. The van der Waals surface area contributed by atoms with Gasteiger partial charge in [-0.05, 0) is 49.1 Å². The maximum Gasteiger partial charge on any atom is 0.232 e. The minimum absolute atomic E-state index is 0.0780. The highest BCUT2D eigenvalue weighted by Gasteiger charge is 2.42. The summed E-state index contributed by atoms with van der Waals surface area (Å²) in [5.74, 6) is 1.13. The molecule has 7 heteroatoms. The molecule has 3 aromatic heterocycles. The number of carbonyl (C=O) groups excluding carboxylic acids is 1. The molecule has 5 rings (SSSR count). The van der Waals surface area contributed by atoms with Crippen LogP contribution in [-0.2, 0) is 4.79 Å². The van der Waals surface area contributed by atoms with E-state index in [-0.39, 0.29) is 17.9 Å². The number of pyridine rings is 1. The molecule has 30 heavy (non-hydrogen) atoms. The van der Waals surface area contributed by atoms with Crippen molar-refractivity contribution in [3.8, 4) is 11.4 Å². The molecular weight excluding hydrogens is 396 g/mol. The van der Waals surface area contributed by atoms with Gasteiger partial charge in [-0.1, -0.05) is 28.9 Å². The Balaban J connectivity index is 1.56. The van der Waals surface area contributed by atoms with Crippen LogP contribution in [0.2, 0.25) is 0 Å². The maximum absolute atomic E-state index is 13.0. The Morgan fingerprint density at radius 3 is 2.63 bits per heavy atom. The summed E-state index contributed by atoms with van der Waals surface area (Å²) < 4.78 is 5.71. The van der Waals surface area contributed by atoms with E-state index < -0.39 is 0 Å². The fraction of sp³-hybridized carbons (Fsp3) is 0.217. The summed E-state index contributed by atoms with van der Waals surface area (Å²) in [4.78, 5) is 24.8. The van der Waals surface area contributed by atoms with Gasteiger partial charge in [0, 0.05) is 34.9 Å². The summed E-state index contributed by atoms with van der Waals surface area (Å²) in [6, 6.07) is 15.7. The van der Waals surface area contributed by atoms with E-state index in [2.05, 4.69) is 16.2 Å². The van der Waals surface area contributed by atoms with Gasteiger partial charge in [0.2, 0.25) is 17.6 Å². The molecule has 0 bridgehead atoms. The number of carbonyl (C=O) groups is 1. The van der Waals surface area contributed by atoms with Gasteiger partial charge >= 0.3 is 0 Å². The van der Waals surface area contributed by atoms with Crippen molar-refractivity contribution in [2.24, 2.45) is 0 Å². The van der Waals surface area contributed by atoms with Crippen molar-refractivity contribution in [2.45, 2.75) is 31.7 Å². The van der Waals surface area contributed by atoms with E-state index in [0.29, 0.717) is 24.6 Å². The van der Waals surface area contributed by atoms with Crippen LogP contribution in [0.4, 0.5) is 5.69 Å². The fourth-order valence-electron chi connectivity index (χ4n) is 3.95. The zero-order valence-corrected chi connectivity index (χ0v) is 17.2. The van der Waals surface area contributed by atoms with E-state index in [1.807, 2.05) is 59.7 Å². The summed E-state index contributed by atoms with van der Waals surface area (Å²) in [5, 5.41) is 6.23. The first-order chi connectivity index (χ1) is 14.7. The molecular formula is C23H20N4O2S. The molecule has 0 radical (unpaired) electrons. The lowest BCUT2D eigenvalue weighted by atomic mass is 9.87. The van der Waals surface area contributed by atoms with Crippen LogP contribution in [0.5, 0.6) is 0 Å². The summed E-state index contributed by atoms with van der Waals surface area (Å²) in [5.41, 5.74) is 2.91. The number of amides is 1. The predicted octanol–water partition coefficient (Wildman–Crippen LogP) is 5.15. The lowest BCUT2D eigenvalue weighted by Gasteiger charge is -2.39. The second-order valence-electron chi connectivity index (χ2n) is 7.40. The fourth-order valence-corrected chi connectivity index (χ4v) is 4.83. The number of hydrogen-bond acceptors (Lipinski definition) is 6. The van der Waals surface area contributed by atoms with Crippen molar-refractivity contribution in [1.29, 1.82) is 0 Å². The number of anilines is 1. The van der Waals surface area contributed by atoms with E-state index in [9.17, 15) is 4.79 Å². The van der Waals surface area contributed by atoms with Gasteiger partial charge in [0.1, 0.15) is 0 Å². The molecule has 150 valence electrons. The second kappa shape index (κ2) is 7.84. The largest absolute Gasteiger partial charge is 0.339 e. The number of thiophene rings is 1. The zero-order valence-electron chi connectivity index (χ0n) is 16.4. The second-order valence-corrected chi connectivity index (χ2v) is 8.38. The molecule has 1 aliphatic heterocycles. The molecule has 0 aliphatic carbocycles. The molecule has 1 amide bonds. The first-order valence-corrected chi connectivity index (χ1v) is 10.7. The van der Waals surface area contributed by atoms with Crippen LogP contribution in [0.3, 0.4) is 0 Å². The Morgan fingerprint density at radius 2 is 1.90 bits per heavy atom. The molecule has 0 N–H and O–H groups in total. The molecule has 4 aromatic rings. The number of nitrogens with zero attached hydrogens (tertiary/aromatic N) is 4. The van der Waals surface area contributed by atoms with Crippen molar-refractivity contribution in [1.82, 2.24) is 15.1 Å². The number of aryl methyl sites for hydroxylation is 1. The van der Waals surface area contributed by atoms with Crippen molar-refractivity contribution < 1.29 is 9.32 Å². The monoisotopic (exact) mass is 416 g/mol. The van der Waals surface area contributed by atoms with Gasteiger partial charge in [0.25, 0.3) is 0 Å². The molecule has 1 saturated heterocycles. The van der Waals surface area contributed by atoms with Crippen molar-refractivity contribution in [3.63, 3.8) is 0 Å². The van der Waals surface area contributed by atoms with Gasteiger partial charge in [0.05, 0.1) is 12.0 Å². The van der Waals surface area contributed by atoms with Gasteiger partial charge in [-0.25, -0.2) is 0 Å². The third-order valence-electron chi connectivity index (χ3n) is 5.44. The van der Waals surface area contributed by atoms with E-state index in [0.717, 1.165) is 21.7 Å². The van der Waals surface area contributed by atoms with Gasteiger partial charge < -0.3 is 9.42 Å². The minimum atomic E-state index is -0.181. The van der Waals surface area contributed by atoms with Crippen LogP contribution in [0.1, 0.15) is 41.1 Å². The van der Waals surface area contributed by atoms with Crippen LogP contribution >= 0.6 is 11.3 Å². The van der Waals surface area contributed by atoms with Crippen LogP contribution < -0.4 is 4.90 Å². The van der Waals surface area contributed by atoms with Crippen molar-refractivity contribution in [3.05, 3.63) is 82.6 Å². The summed E-state index contributed by atoms with van der Waals surface area (Å²) >= 11 is 1.64. The highest BCUT2D eigenvalue weighted by molar-refractivity contribution is 7.10. The Kier molecular flexibility index (Phi) is 4.88. The van der Waals surface area contributed by atoms with Gasteiger partial charge in [0.15, 0.2) is 0 Å². The molecule has 1 fully saturated rings. The topological polar surface area (TPSA) is 72.1 Å². The highest BCUT2D eigenvalue weighted by Crippen LogP contribution is 2.46. The number of hydrogen-bond donors (Lipinski definition) is 0. The molecule has 0 spiro atoms. The first kappa shape index (κ1) is 18.7. The Hall–Kier alpha value is -3.32. The predicted molar refractivity (Wildman–Crippen MR) is 115 cm³/mol.